The molecular formula is C11H21IN6O2. The maximum Gasteiger partial charge on any atom is 0.306 e. The van der Waals surface area contributed by atoms with Gasteiger partial charge in [-0.25, -0.2) is 0 Å². The van der Waals surface area contributed by atoms with Crippen molar-refractivity contribution in [3.63, 3.8) is 0 Å². The number of nitrogens with one attached hydrogen (secondary N) is 1. The Kier molecular flexibility index (Phi) is 8.84. The highest BCUT2D eigenvalue weighted by molar-refractivity contribution is 14.0. The molecule has 114 valence electrons. The first-order valence-electron chi connectivity index (χ1n) is 6.19. The summed E-state index contributed by atoms with van der Waals surface area (Å²) in [6.07, 6.45) is 3.60. The van der Waals surface area contributed by atoms with Gasteiger partial charge in [0.25, 0.3) is 0 Å². The van der Waals surface area contributed by atoms with Gasteiger partial charge in [0, 0.05) is 13.1 Å². The lowest BCUT2D eigenvalue weighted by molar-refractivity contribution is -0.385. The third kappa shape index (κ3) is 7.26. The number of aromatic nitrogens is 2. The second-order valence-electron chi connectivity index (χ2n) is 4.59. The van der Waals surface area contributed by atoms with E-state index in [-0.39, 0.29) is 29.7 Å². The molecule has 9 heteroatoms. The fraction of sp³-hybridized carbons (Fsp3) is 0.636. The van der Waals surface area contributed by atoms with E-state index >= 15 is 0 Å². The van der Waals surface area contributed by atoms with Crippen LogP contribution in [0.15, 0.2) is 17.4 Å². The van der Waals surface area contributed by atoms with Gasteiger partial charge in [-0.2, -0.15) is 5.10 Å². The van der Waals surface area contributed by atoms with E-state index in [1.807, 2.05) is 0 Å². The number of rotatable bonds is 7. The summed E-state index contributed by atoms with van der Waals surface area (Å²) < 4.78 is 1.49. The molecule has 1 heterocycles. The first-order chi connectivity index (χ1) is 8.99. The second-order valence-corrected chi connectivity index (χ2v) is 4.59. The maximum atomic E-state index is 10.5. The average Bonchev–Trinajstić information content (AvgIpc) is 2.77. The van der Waals surface area contributed by atoms with Gasteiger partial charge < -0.3 is 11.1 Å². The van der Waals surface area contributed by atoms with Gasteiger partial charge in [-0.3, -0.25) is 19.8 Å². The molecule has 0 aliphatic carbocycles. The third-order valence-electron chi connectivity index (χ3n) is 2.47. The molecule has 0 amide bonds. The Bertz CT molecular complexity index is 446. The number of halogens is 1. The number of nitrogens with zero attached hydrogens (tertiary/aromatic N) is 4. The minimum atomic E-state index is -0.474. The quantitative estimate of drug-likeness (QED) is 0.238. The molecule has 0 unspecified atom stereocenters. The van der Waals surface area contributed by atoms with Crippen LogP contribution in [-0.2, 0) is 6.54 Å². The van der Waals surface area contributed by atoms with Gasteiger partial charge in [0.2, 0.25) is 0 Å². The normalized spacial score (nSPS) is 11.2. The van der Waals surface area contributed by atoms with Gasteiger partial charge in [0.1, 0.15) is 12.4 Å². The Morgan fingerprint density at radius 3 is 2.90 bits per heavy atom. The van der Waals surface area contributed by atoms with Gasteiger partial charge in [-0.15, -0.1) is 24.0 Å². The standard InChI is InChI=1S/C11H20N6O2.HI/c1-9(2)3-4-13-11(12)14-5-6-16-8-10(7-15-16)17(18)19;/h7-9H,3-6H2,1-2H3,(H3,12,13,14);1H. The lowest BCUT2D eigenvalue weighted by atomic mass is 10.1. The Hall–Kier alpha value is -1.39. The summed E-state index contributed by atoms with van der Waals surface area (Å²) >= 11 is 0. The average molecular weight is 396 g/mol. The molecule has 0 aliphatic rings. The Labute approximate surface area is 135 Å². The van der Waals surface area contributed by atoms with Crippen LogP contribution in [0.4, 0.5) is 5.69 Å². The lowest BCUT2D eigenvalue weighted by Crippen LogP contribution is -2.34. The Morgan fingerprint density at radius 1 is 1.65 bits per heavy atom. The molecule has 0 saturated heterocycles. The molecule has 3 N–H and O–H groups in total. The van der Waals surface area contributed by atoms with E-state index in [0.29, 0.717) is 31.5 Å². The van der Waals surface area contributed by atoms with Crippen LogP contribution >= 0.6 is 24.0 Å². The summed E-state index contributed by atoms with van der Waals surface area (Å²) in [6.45, 7) is 5.97. The number of guanidine groups is 1. The van der Waals surface area contributed by atoms with E-state index in [2.05, 4.69) is 29.3 Å². The molecule has 1 rings (SSSR count). The zero-order chi connectivity index (χ0) is 14.3. The molecular weight excluding hydrogens is 375 g/mol. The fourth-order valence-corrected chi connectivity index (χ4v) is 1.37. The van der Waals surface area contributed by atoms with E-state index in [0.717, 1.165) is 6.42 Å². The monoisotopic (exact) mass is 396 g/mol. The van der Waals surface area contributed by atoms with Crippen LogP contribution in [0.5, 0.6) is 0 Å². The van der Waals surface area contributed by atoms with E-state index in [1.54, 1.807) is 0 Å². The molecule has 0 bridgehead atoms. The van der Waals surface area contributed by atoms with Crippen LogP contribution in [0.25, 0.3) is 0 Å². The molecule has 0 fully saturated rings. The predicted octanol–water partition coefficient (Wildman–Crippen LogP) is 1.36. The van der Waals surface area contributed by atoms with Crippen LogP contribution in [-0.4, -0.2) is 33.8 Å². The molecule has 0 radical (unpaired) electrons. The predicted molar refractivity (Wildman–Crippen MR) is 88.2 cm³/mol. The van der Waals surface area contributed by atoms with Crippen molar-refractivity contribution in [2.45, 2.75) is 26.8 Å². The topological polar surface area (TPSA) is 111 Å². The van der Waals surface area contributed by atoms with Crippen LogP contribution in [0.3, 0.4) is 0 Å². The minimum Gasteiger partial charge on any atom is -0.370 e. The summed E-state index contributed by atoms with van der Waals surface area (Å²) in [5.74, 6) is 0.989. The van der Waals surface area contributed by atoms with Crippen molar-refractivity contribution in [3.8, 4) is 0 Å². The van der Waals surface area contributed by atoms with Gasteiger partial charge in [0.05, 0.1) is 11.5 Å². The number of nitrogens with two attached hydrogens (primary N) is 1. The van der Waals surface area contributed by atoms with Crippen LogP contribution in [0, 0.1) is 16.0 Å². The van der Waals surface area contributed by atoms with E-state index in [4.69, 9.17) is 5.73 Å². The fourth-order valence-electron chi connectivity index (χ4n) is 1.37. The van der Waals surface area contributed by atoms with Crippen molar-refractivity contribution in [2.75, 3.05) is 13.1 Å². The molecule has 1 aromatic rings. The molecule has 0 atom stereocenters. The number of hydrogen-bond acceptors (Lipinski definition) is 4. The minimum absolute atomic E-state index is 0. The van der Waals surface area contributed by atoms with Crippen molar-refractivity contribution >= 4 is 35.6 Å². The zero-order valence-electron chi connectivity index (χ0n) is 11.7. The summed E-state index contributed by atoms with van der Waals surface area (Å²) in [5, 5.41) is 17.3. The molecule has 1 aromatic heterocycles. The van der Waals surface area contributed by atoms with E-state index < -0.39 is 4.92 Å². The first kappa shape index (κ1) is 18.6. The number of aliphatic imine (C=N–C) groups is 1. The van der Waals surface area contributed by atoms with Gasteiger partial charge in [0.15, 0.2) is 5.96 Å². The largest absolute Gasteiger partial charge is 0.370 e. The lowest BCUT2D eigenvalue weighted by Gasteiger charge is -2.06. The molecule has 0 spiro atoms. The summed E-state index contributed by atoms with van der Waals surface area (Å²) in [6, 6.07) is 0. The van der Waals surface area contributed by atoms with Crippen molar-refractivity contribution in [2.24, 2.45) is 16.6 Å². The Balaban J connectivity index is 0.00000361. The Morgan fingerprint density at radius 2 is 2.35 bits per heavy atom. The van der Waals surface area contributed by atoms with Crippen LogP contribution in [0.2, 0.25) is 0 Å². The van der Waals surface area contributed by atoms with E-state index in [9.17, 15) is 10.1 Å². The molecule has 20 heavy (non-hydrogen) atoms. The van der Waals surface area contributed by atoms with E-state index in [1.165, 1.54) is 17.1 Å². The summed E-state index contributed by atoms with van der Waals surface area (Å²) in [7, 11) is 0. The van der Waals surface area contributed by atoms with Gasteiger partial charge >= 0.3 is 5.69 Å². The van der Waals surface area contributed by atoms with Gasteiger partial charge in [-0.05, 0) is 12.3 Å². The van der Waals surface area contributed by atoms with Crippen LogP contribution in [0.1, 0.15) is 20.3 Å². The molecule has 0 aromatic carbocycles. The van der Waals surface area contributed by atoms with Gasteiger partial charge in [-0.1, -0.05) is 13.8 Å². The molecule has 0 aliphatic heterocycles. The van der Waals surface area contributed by atoms with Crippen molar-refractivity contribution in [1.29, 1.82) is 0 Å². The molecule has 8 nitrogen and oxygen atoms in total. The highest BCUT2D eigenvalue weighted by atomic mass is 127. The zero-order valence-corrected chi connectivity index (χ0v) is 14.0. The highest BCUT2D eigenvalue weighted by Gasteiger charge is 2.07. The highest BCUT2D eigenvalue weighted by Crippen LogP contribution is 2.06. The van der Waals surface area contributed by atoms with Crippen LogP contribution < -0.4 is 11.1 Å². The second kappa shape index (κ2) is 9.50. The smallest absolute Gasteiger partial charge is 0.306 e. The molecule has 0 saturated carbocycles. The number of hydrogen-bond donors (Lipinski definition) is 2. The SMILES string of the molecule is CC(C)CCN=C(N)NCCn1cc([N+](=O)[O-])cn1.I. The van der Waals surface area contributed by atoms with Crippen molar-refractivity contribution < 1.29 is 4.92 Å². The summed E-state index contributed by atoms with van der Waals surface area (Å²) in [4.78, 5) is 14.2. The summed E-state index contributed by atoms with van der Waals surface area (Å²) in [5.41, 5.74) is 5.66. The number of nitro groups is 1. The maximum absolute atomic E-state index is 10.5. The van der Waals surface area contributed by atoms with Crippen molar-refractivity contribution in [1.82, 2.24) is 15.1 Å². The third-order valence-corrected chi connectivity index (χ3v) is 2.47. The van der Waals surface area contributed by atoms with Crippen molar-refractivity contribution in [3.05, 3.63) is 22.5 Å². The first-order valence-corrected chi connectivity index (χ1v) is 6.19.